The van der Waals surface area contributed by atoms with Gasteiger partial charge < -0.3 is 4.90 Å². The van der Waals surface area contributed by atoms with Gasteiger partial charge in [-0.25, -0.2) is 0 Å². The van der Waals surface area contributed by atoms with Gasteiger partial charge >= 0.3 is 0 Å². The van der Waals surface area contributed by atoms with Crippen LogP contribution in [0.3, 0.4) is 0 Å². The molecule has 0 aromatic heterocycles. The number of rotatable bonds is 2. The standard InChI is InChI=1S/C10H13NO/c1-8-4-5-10(11(2)3)9(6-8)7-12/h4-7H,1-3H3. The molecular formula is C10H13NO. The Morgan fingerprint density at radius 3 is 2.50 bits per heavy atom. The molecule has 1 aromatic rings. The number of benzene rings is 1. The minimum Gasteiger partial charge on any atom is -0.377 e. The molecule has 0 saturated carbocycles. The van der Waals surface area contributed by atoms with E-state index >= 15 is 0 Å². The summed E-state index contributed by atoms with van der Waals surface area (Å²) in [6.07, 6.45) is 0.891. The SMILES string of the molecule is Cc1ccc(N(C)C)c(C=O)c1. The van der Waals surface area contributed by atoms with Crippen LogP contribution in [0, 0.1) is 6.92 Å². The quantitative estimate of drug-likeness (QED) is 0.620. The van der Waals surface area contributed by atoms with Crippen molar-refractivity contribution in [1.29, 1.82) is 0 Å². The second kappa shape index (κ2) is 3.39. The molecular weight excluding hydrogens is 150 g/mol. The zero-order valence-corrected chi connectivity index (χ0v) is 7.66. The first-order valence-corrected chi connectivity index (χ1v) is 3.88. The summed E-state index contributed by atoms with van der Waals surface area (Å²) in [5, 5.41) is 0. The summed E-state index contributed by atoms with van der Waals surface area (Å²) in [6.45, 7) is 1.98. The van der Waals surface area contributed by atoms with Gasteiger partial charge in [-0.1, -0.05) is 11.6 Å². The fourth-order valence-electron chi connectivity index (χ4n) is 1.18. The Labute approximate surface area is 72.8 Å². The van der Waals surface area contributed by atoms with Gasteiger partial charge in [0.1, 0.15) is 0 Å². The van der Waals surface area contributed by atoms with Gasteiger partial charge in [0.15, 0.2) is 6.29 Å². The minimum atomic E-state index is 0.750. The number of hydrogen-bond donors (Lipinski definition) is 0. The van der Waals surface area contributed by atoms with Crippen LogP contribution in [0.5, 0.6) is 0 Å². The molecule has 64 valence electrons. The molecule has 0 aliphatic carbocycles. The Kier molecular flexibility index (Phi) is 2.48. The van der Waals surface area contributed by atoms with Crippen molar-refractivity contribution in [1.82, 2.24) is 0 Å². The maximum atomic E-state index is 10.7. The smallest absolute Gasteiger partial charge is 0.152 e. The summed E-state index contributed by atoms with van der Waals surface area (Å²) in [7, 11) is 3.86. The molecule has 0 radical (unpaired) electrons. The molecule has 2 heteroatoms. The molecule has 0 saturated heterocycles. The summed E-state index contributed by atoms with van der Waals surface area (Å²) in [5.41, 5.74) is 2.83. The van der Waals surface area contributed by atoms with Crippen molar-refractivity contribution in [3.05, 3.63) is 29.3 Å². The van der Waals surface area contributed by atoms with Gasteiger partial charge in [0.25, 0.3) is 0 Å². The Morgan fingerprint density at radius 1 is 1.33 bits per heavy atom. The summed E-state index contributed by atoms with van der Waals surface area (Å²) in [4.78, 5) is 12.6. The molecule has 0 N–H and O–H groups in total. The number of carbonyl (C=O) groups excluding carboxylic acids is 1. The highest BCUT2D eigenvalue weighted by Gasteiger charge is 2.02. The van der Waals surface area contributed by atoms with E-state index in [4.69, 9.17) is 0 Å². The lowest BCUT2D eigenvalue weighted by Crippen LogP contribution is -2.11. The van der Waals surface area contributed by atoms with Crippen molar-refractivity contribution in [2.45, 2.75) is 6.92 Å². The zero-order valence-electron chi connectivity index (χ0n) is 7.66. The van der Waals surface area contributed by atoms with Gasteiger partial charge in [-0.05, 0) is 19.1 Å². The number of nitrogens with zero attached hydrogens (tertiary/aromatic N) is 1. The Bertz CT molecular complexity index is 292. The lowest BCUT2D eigenvalue weighted by molar-refractivity contribution is 0.112. The van der Waals surface area contributed by atoms with E-state index in [0.717, 1.165) is 23.1 Å². The average Bonchev–Trinajstić information content (AvgIpc) is 2.03. The van der Waals surface area contributed by atoms with Crippen LogP contribution in [0.2, 0.25) is 0 Å². The first kappa shape index (κ1) is 8.78. The van der Waals surface area contributed by atoms with Gasteiger partial charge in [0.05, 0.1) is 0 Å². The molecule has 0 amide bonds. The van der Waals surface area contributed by atoms with Crippen LogP contribution in [-0.4, -0.2) is 20.4 Å². The fourth-order valence-corrected chi connectivity index (χ4v) is 1.18. The maximum absolute atomic E-state index is 10.7. The summed E-state index contributed by atoms with van der Waals surface area (Å²) < 4.78 is 0. The van der Waals surface area contributed by atoms with Crippen LogP contribution in [0.1, 0.15) is 15.9 Å². The van der Waals surface area contributed by atoms with Gasteiger partial charge in [0, 0.05) is 25.3 Å². The van der Waals surface area contributed by atoms with E-state index in [9.17, 15) is 4.79 Å². The van der Waals surface area contributed by atoms with Crippen molar-refractivity contribution in [3.63, 3.8) is 0 Å². The Morgan fingerprint density at radius 2 is 2.00 bits per heavy atom. The zero-order chi connectivity index (χ0) is 9.14. The molecule has 0 heterocycles. The Hall–Kier alpha value is -1.31. The number of carbonyl (C=O) groups is 1. The monoisotopic (exact) mass is 163 g/mol. The van der Waals surface area contributed by atoms with E-state index in [1.54, 1.807) is 0 Å². The normalized spacial score (nSPS) is 9.58. The molecule has 0 atom stereocenters. The highest BCUT2D eigenvalue weighted by Crippen LogP contribution is 2.17. The molecule has 1 rings (SSSR count). The summed E-state index contributed by atoms with van der Waals surface area (Å²) in [6, 6.07) is 5.85. The number of anilines is 1. The third kappa shape index (κ3) is 1.64. The molecule has 1 aromatic carbocycles. The molecule has 0 fully saturated rings. The van der Waals surface area contributed by atoms with Crippen molar-refractivity contribution in [3.8, 4) is 0 Å². The van der Waals surface area contributed by atoms with E-state index in [1.807, 2.05) is 44.1 Å². The van der Waals surface area contributed by atoms with Crippen LogP contribution in [-0.2, 0) is 0 Å². The molecule has 0 spiro atoms. The predicted octanol–water partition coefficient (Wildman–Crippen LogP) is 1.87. The van der Waals surface area contributed by atoms with Gasteiger partial charge in [-0.3, -0.25) is 4.79 Å². The lowest BCUT2D eigenvalue weighted by Gasteiger charge is -2.14. The summed E-state index contributed by atoms with van der Waals surface area (Å²) >= 11 is 0. The largest absolute Gasteiger partial charge is 0.377 e. The highest BCUT2D eigenvalue weighted by molar-refractivity contribution is 5.84. The maximum Gasteiger partial charge on any atom is 0.152 e. The van der Waals surface area contributed by atoms with Gasteiger partial charge in [0.2, 0.25) is 0 Å². The second-order valence-electron chi connectivity index (χ2n) is 3.07. The molecule has 0 unspecified atom stereocenters. The van der Waals surface area contributed by atoms with Crippen LogP contribution in [0.15, 0.2) is 18.2 Å². The van der Waals surface area contributed by atoms with Crippen molar-refractivity contribution < 1.29 is 4.79 Å². The molecule has 0 bridgehead atoms. The number of hydrogen-bond acceptors (Lipinski definition) is 2. The third-order valence-electron chi connectivity index (χ3n) is 1.79. The van der Waals surface area contributed by atoms with Crippen LogP contribution in [0.4, 0.5) is 5.69 Å². The molecule has 2 nitrogen and oxygen atoms in total. The average molecular weight is 163 g/mol. The summed E-state index contributed by atoms with van der Waals surface area (Å²) in [5.74, 6) is 0. The Balaban J connectivity index is 3.20. The van der Waals surface area contributed by atoms with E-state index in [2.05, 4.69) is 0 Å². The molecule has 12 heavy (non-hydrogen) atoms. The molecule has 0 aliphatic rings. The lowest BCUT2D eigenvalue weighted by atomic mass is 10.1. The first-order chi connectivity index (χ1) is 5.65. The second-order valence-corrected chi connectivity index (χ2v) is 3.07. The minimum absolute atomic E-state index is 0.750. The fraction of sp³-hybridized carbons (Fsp3) is 0.300. The first-order valence-electron chi connectivity index (χ1n) is 3.88. The van der Waals surface area contributed by atoms with Crippen LogP contribution < -0.4 is 4.90 Å². The van der Waals surface area contributed by atoms with E-state index in [-0.39, 0.29) is 0 Å². The topological polar surface area (TPSA) is 20.3 Å². The van der Waals surface area contributed by atoms with Gasteiger partial charge in [-0.2, -0.15) is 0 Å². The predicted molar refractivity (Wildman–Crippen MR) is 50.9 cm³/mol. The van der Waals surface area contributed by atoms with Crippen molar-refractivity contribution >= 4 is 12.0 Å². The van der Waals surface area contributed by atoms with E-state index in [0.29, 0.717) is 0 Å². The van der Waals surface area contributed by atoms with E-state index in [1.165, 1.54) is 0 Å². The van der Waals surface area contributed by atoms with Crippen molar-refractivity contribution in [2.75, 3.05) is 19.0 Å². The molecule has 0 aliphatic heterocycles. The van der Waals surface area contributed by atoms with Crippen LogP contribution >= 0.6 is 0 Å². The van der Waals surface area contributed by atoms with Crippen LogP contribution in [0.25, 0.3) is 0 Å². The third-order valence-corrected chi connectivity index (χ3v) is 1.79. The number of aldehydes is 1. The van der Waals surface area contributed by atoms with Crippen molar-refractivity contribution in [2.24, 2.45) is 0 Å². The van der Waals surface area contributed by atoms with E-state index < -0.39 is 0 Å². The number of aryl methyl sites for hydroxylation is 1. The highest BCUT2D eigenvalue weighted by atomic mass is 16.1. The van der Waals surface area contributed by atoms with Gasteiger partial charge in [-0.15, -0.1) is 0 Å².